The fraction of sp³-hybridized carbons (Fsp3) is 0.286. The van der Waals surface area contributed by atoms with Crippen molar-refractivity contribution in [2.24, 2.45) is 0 Å². The number of benzene rings is 2. The van der Waals surface area contributed by atoms with Crippen molar-refractivity contribution in [3.63, 3.8) is 0 Å². The van der Waals surface area contributed by atoms with E-state index in [0.29, 0.717) is 17.9 Å². The topological polar surface area (TPSA) is 66.5 Å². The number of halogens is 1. The number of hydrogen-bond acceptors (Lipinski definition) is 4. The highest BCUT2D eigenvalue weighted by Gasteiger charge is 2.39. The number of amides is 3. The molecule has 0 saturated carbocycles. The largest absolute Gasteiger partial charge is 0.326 e. The van der Waals surface area contributed by atoms with E-state index in [9.17, 15) is 14.4 Å². The van der Waals surface area contributed by atoms with E-state index < -0.39 is 5.25 Å². The highest BCUT2D eigenvalue weighted by atomic mass is 127. The molecule has 1 fully saturated rings. The highest BCUT2D eigenvalue weighted by Crippen LogP contribution is 2.30. The molecule has 1 aliphatic rings. The molecule has 3 amide bonds. The Bertz CT molecular complexity index is 914. The number of hydrogen-bond donors (Lipinski definition) is 1. The predicted molar refractivity (Wildman–Crippen MR) is 122 cm³/mol. The Balaban J connectivity index is 1.52. The lowest BCUT2D eigenvalue weighted by molar-refractivity contribution is -0.121. The van der Waals surface area contributed by atoms with Crippen molar-refractivity contribution in [2.45, 2.75) is 31.9 Å². The molecule has 0 aliphatic carbocycles. The number of nitrogens with one attached hydrogen (secondary N) is 1. The monoisotopic (exact) mass is 508 g/mol. The van der Waals surface area contributed by atoms with Gasteiger partial charge < -0.3 is 5.32 Å². The SMILES string of the molecule is Cc1ccc(N2C(=O)CC(SCCC(=O)Nc3ccc(I)cc3C)C2=O)cc1. The highest BCUT2D eigenvalue weighted by molar-refractivity contribution is 14.1. The summed E-state index contributed by atoms with van der Waals surface area (Å²) in [4.78, 5) is 38.4. The summed E-state index contributed by atoms with van der Waals surface area (Å²) in [5, 5.41) is 2.48. The molecule has 1 N–H and O–H groups in total. The summed E-state index contributed by atoms with van der Waals surface area (Å²) in [6, 6.07) is 13.2. The molecule has 7 heteroatoms. The van der Waals surface area contributed by atoms with E-state index >= 15 is 0 Å². The molecule has 1 saturated heterocycles. The number of anilines is 2. The lowest BCUT2D eigenvalue weighted by atomic mass is 10.2. The van der Waals surface area contributed by atoms with Crippen molar-refractivity contribution in [3.8, 4) is 0 Å². The minimum atomic E-state index is -0.429. The van der Waals surface area contributed by atoms with Crippen LogP contribution in [0.4, 0.5) is 11.4 Å². The van der Waals surface area contributed by atoms with Gasteiger partial charge in [0.05, 0.1) is 10.9 Å². The van der Waals surface area contributed by atoms with Gasteiger partial charge in [0.25, 0.3) is 0 Å². The van der Waals surface area contributed by atoms with E-state index in [4.69, 9.17) is 0 Å². The molecule has 1 heterocycles. The Morgan fingerprint density at radius 2 is 1.89 bits per heavy atom. The van der Waals surface area contributed by atoms with Gasteiger partial charge in [0.1, 0.15) is 0 Å². The Hall–Kier alpha value is -1.87. The second kappa shape index (κ2) is 9.09. The zero-order chi connectivity index (χ0) is 20.3. The summed E-state index contributed by atoms with van der Waals surface area (Å²) in [7, 11) is 0. The molecule has 28 heavy (non-hydrogen) atoms. The van der Waals surface area contributed by atoms with Crippen molar-refractivity contribution >= 4 is 63.4 Å². The molecule has 5 nitrogen and oxygen atoms in total. The summed E-state index contributed by atoms with van der Waals surface area (Å²) in [5.74, 6) is 0.00255. The van der Waals surface area contributed by atoms with Crippen molar-refractivity contribution in [1.82, 2.24) is 0 Å². The predicted octanol–water partition coefficient (Wildman–Crippen LogP) is 4.30. The molecular formula is C21H21IN2O3S. The van der Waals surface area contributed by atoms with Gasteiger partial charge in [-0.2, -0.15) is 0 Å². The zero-order valence-electron chi connectivity index (χ0n) is 15.7. The molecule has 1 atom stereocenters. The summed E-state index contributed by atoms with van der Waals surface area (Å²) in [6.07, 6.45) is 0.466. The molecular weight excluding hydrogens is 487 g/mol. The molecule has 3 rings (SSSR count). The van der Waals surface area contributed by atoms with E-state index in [1.807, 2.05) is 44.2 Å². The Morgan fingerprint density at radius 3 is 2.57 bits per heavy atom. The average Bonchev–Trinajstić information content (AvgIpc) is 2.92. The molecule has 1 aliphatic heterocycles. The van der Waals surface area contributed by atoms with Crippen molar-refractivity contribution in [2.75, 3.05) is 16.0 Å². The summed E-state index contributed by atoms with van der Waals surface area (Å²) in [6.45, 7) is 3.91. The van der Waals surface area contributed by atoms with Gasteiger partial charge in [0, 0.05) is 27.9 Å². The number of carbonyl (C=O) groups excluding carboxylic acids is 3. The molecule has 2 aromatic rings. The van der Waals surface area contributed by atoms with Crippen LogP contribution < -0.4 is 10.2 Å². The van der Waals surface area contributed by atoms with Crippen LogP contribution in [0.5, 0.6) is 0 Å². The molecule has 0 bridgehead atoms. The minimum Gasteiger partial charge on any atom is -0.326 e. The molecule has 0 aromatic heterocycles. The second-order valence-electron chi connectivity index (χ2n) is 6.72. The van der Waals surface area contributed by atoms with Crippen LogP contribution in [0.2, 0.25) is 0 Å². The molecule has 146 valence electrons. The Kier molecular flexibility index (Phi) is 6.77. The third kappa shape index (κ3) is 4.94. The minimum absolute atomic E-state index is 0.0935. The van der Waals surface area contributed by atoms with Gasteiger partial charge >= 0.3 is 0 Å². The van der Waals surface area contributed by atoms with E-state index in [1.54, 1.807) is 12.1 Å². The number of imide groups is 1. The summed E-state index contributed by atoms with van der Waals surface area (Å²) in [5.41, 5.74) is 3.49. The number of carbonyl (C=O) groups is 3. The van der Waals surface area contributed by atoms with Crippen molar-refractivity contribution in [3.05, 3.63) is 57.2 Å². The van der Waals surface area contributed by atoms with Crippen molar-refractivity contribution < 1.29 is 14.4 Å². The van der Waals surface area contributed by atoms with Gasteiger partial charge in [-0.25, -0.2) is 4.90 Å². The maximum Gasteiger partial charge on any atom is 0.247 e. The van der Waals surface area contributed by atoms with Crippen LogP contribution in [0.1, 0.15) is 24.0 Å². The van der Waals surface area contributed by atoms with Crippen LogP contribution >= 0.6 is 34.4 Å². The van der Waals surface area contributed by atoms with E-state index in [0.717, 1.165) is 20.4 Å². The van der Waals surface area contributed by atoms with Crippen molar-refractivity contribution in [1.29, 1.82) is 0 Å². The smallest absolute Gasteiger partial charge is 0.247 e. The summed E-state index contributed by atoms with van der Waals surface area (Å²) >= 11 is 3.60. The first-order valence-electron chi connectivity index (χ1n) is 8.96. The number of nitrogens with zero attached hydrogens (tertiary/aromatic N) is 1. The number of aryl methyl sites for hydroxylation is 2. The van der Waals surface area contributed by atoms with E-state index in [-0.39, 0.29) is 24.1 Å². The van der Waals surface area contributed by atoms with Gasteiger partial charge in [-0.15, -0.1) is 11.8 Å². The Morgan fingerprint density at radius 1 is 1.18 bits per heavy atom. The molecule has 1 unspecified atom stereocenters. The van der Waals surface area contributed by atoms with E-state index in [1.165, 1.54) is 16.7 Å². The van der Waals surface area contributed by atoms with Gasteiger partial charge in [0.15, 0.2) is 0 Å². The standard InChI is InChI=1S/C21H21IN2O3S/c1-13-3-6-16(7-4-13)24-20(26)12-18(21(24)27)28-10-9-19(25)23-17-8-5-15(22)11-14(17)2/h3-8,11,18H,9-10,12H2,1-2H3,(H,23,25). The van der Waals surface area contributed by atoms with Gasteiger partial charge in [0.2, 0.25) is 17.7 Å². The quantitative estimate of drug-likeness (QED) is 0.467. The van der Waals surface area contributed by atoms with E-state index in [2.05, 4.69) is 27.9 Å². The third-order valence-corrected chi connectivity index (χ3v) is 6.39. The third-order valence-electron chi connectivity index (χ3n) is 4.51. The first-order chi connectivity index (χ1) is 13.3. The molecule has 2 aromatic carbocycles. The lowest BCUT2D eigenvalue weighted by Crippen LogP contribution is -2.31. The molecule has 0 radical (unpaired) electrons. The average molecular weight is 508 g/mol. The second-order valence-corrected chi connectivity index (χ2v) is 9.28. The summed E-state index contributed by atoms with van der Waals surface area (Å²) < 4.78 is 1.12. The fourth-order valence-corrected chi connectivity index (χ4v) is 4.72. The van der Waals surface area contributed by atoms with Gasteiger partial charge in [-0.05, 0) is 72.3 Å². The van der Waals surface area contributed by atoms with Gasteiger partial charge in [-0.1, -0.05) is 17.7 Å². The van der Waals surface area contributed by atoms with Crippen LogP contribution in [0.15, 0.2) is 42.5 Å². The lowest BCUT2D eigenvalue weighted by Gasteiger charge is -2.15. The normalized spacial score (nSPS) is 16.5. The zero-order valence-corrected chi connectivity index (χ0v) is 18.7. The number of rotatable bonds is 6. The van der Waals surface area contributed by atoms with Crippen LogP contribution in [-0.4, -0.2) is 28.7 Å². The Labute approximate surface area is 182 Å². The first-order valence-corrected chi connectivity index (χ1v) is 11.1. The van der Waals surface area contributed by atoms with Crippen LogP contribution in [-0.2, 0) is 14.4 Å². The van der Waals surface area contributed by atoms with Crippen LogP contribution in [0.3, 0.4) is 0 Å². The fourth-order valence-electron chi connectivity index (χ4n) is 2.97. The van der Waals surface area contributed by atoms with Crippen LogP contribution in [0, 0.1) is 17.4 Å². The molecule has 0 spiro atoms. The maximum absolute atomic E-state index is 12.6. The maximum atomic E-state index is 12.6. The first kappa shape index (κ1) is 20.9. The van der Waals surface area contributed by atoms with Gasteiger partial charge in [-0.3, -0.25) is 14.4 Å². The van der Waals surface area contributed by atoms with Crippen LogP contribution in [0.25, 0.3) is 0 Å². The number of thioether (sulfide) groups is 1.